The molecule has 19 rings (SSSR count). The van der Waals surface area contributed by atoms with E-state index in [1.165, 1.54) is 11.1 Å². The highest BCUT2D eigenvalue weighted by atomic mass is 15.2. The molecule has 3 heterocycles. The largest absolute Gasteiger partial charge is 0.310 e. The first-order valence-corrected chi connectivity index (χ1v) is 35.7. The van der Waals surface area contributed by atoms with Gasteiger partial charge in [0, 0.05) is 55.8 Å². The minimum absolute atomic E-state index is 0.00750. The summed E-state index contributed by atoms with van der Waals surface area (Å²) in [6, 6.07) is 106. The second-order valence-electron chi connectivity index (χ2n) is 29.7. The van der Waals surface area contributed by atoms with Crippen LogP contribution in [0.15, 0.2) is 352 Å². The van der Waals surface area contributed by atoms with Crippen LogP contribution in [0.5, 0.6) is 0 Å². The van der Waals surface area contributed by atoms with Crippen molar-refractivity contribution in [1.29, 1.82) is 0 Å². The average Bonchev–Trinajstić information content (AvgIpc) is 1.68. The highest BCUT2D eigenvalue weighted by molar-refractivity contribution is 7.00. The Bertz CT molecular complexity index is 6280. The van der Waals surface area contributed by atoms with Crippen LogP contribution < -0.4 is 26.2 Å². The van der Waals surface area contributed by atoms with Crippen molar-refractivity contribution in [2.45, 2.75) is 57.8 Å². The molecule has 0 spiro atoms. The highest BCUT2D eigenvalue weighted by Crippen LogP contribution is 2.60. The van der Waals surface area contributed by atoms with E-state index >= 15 is 0 Å². The van der Waals surface area contributed by atoms with Crippen LogP contribution in [-0.4, -0.2) is 11.3 Å². The monoisotopic (exact) mass is 1330 g/mol. The molecule has 490 valence electrons. The molecule has 0 fully saturated rings. The van der Waals surface area contributed by atoms with Crippen LogP contribution >= 0.6 is 0 Å². The molecule has 0 amide bonds. The molecule has 0 radical (unpaired) electrons. The van der Waals surface area contributed by atoms with Crippen molar-refractivity contribution in [3.8, 4) is 72.4 Å². The zero-order chi connectivity index (χ0) is 76.3. The standard InChI is InChI=1S/C99H76BN3/c1-97(2,3)72-56-58-89-86(62-72)100-85-57-55-69(75-48-31-51-81-78-45-25-28-52-84(78)99(93(75)81,70-41-21-11-22-42-70)71-43-23-12-24-44-71)59-90(85)103(96-82(67-37-17-9-18-38-67)60-73(98(4,5)6)61-83(96)68-39-19-10-20-40-68)92-64-74(101-87-53-29-26-46-79(87)80-47-27-30-54-88(80)101)63-91(94(92)100)102(89)95-76(65-33-13-7-14-34-65)49-32-50-77(95)66-35-15-8-16-36-66/h7-64H,1-6H3/i26D,27D,29D,30D,46D,47D,53D,54D. The van der Waals surface area contributed by atoms with Gasteiger partial charge < -0.3 is 14.4 Å². The Kier molecular flexibility index (Phi) is 12.5. The number of hydrogen-bond donors (Lipinski definition) is 0. The lowest BCUT2D eigenvalue weighted by atomic mass is 9.33. The van der Waals surface area contributed by atoms with Crippen molar-refractivity contribution in [3.63, 3.8) is 0 Å². The van der Waals surface area contributed by atoms with Crippen LogP contribution in [0.2, 0.25) is 0 Å². The second kappa shape index (κ2) is 24.0. The third-order valence-corrected chi connectivity index (χ3v) is 21.8. The van der Waals surface area contributed by atoms with Crippen LogP contribution in [0.1, 0.15) is 85.9 Å². The topological polar surface area (TPSA) is 11.4 Å². The van der Waals surface area contributed by atoms with E-state index in [0.29, 0.717) is 5.69 Å². The fourth-order valence-electron chi connectivity index (χ4n) is 17.1. The van der Waals surface area contributed by atoms with E-state index in [4.69, 9.17) is 0 Å². The lowest BCUT2D eigenvalue weighted by Gasteiger charge is -2.46. The quantitative estimate of drug-likeness (QED) is 0.126. The van der Waals surface area contributed by atoms with Gasteiger partial charge in [-0.05, 0) is 154 Å². The Balaban J connectivity index is 1.05. The van der Waals surface area contributed by atoms with Crippen molar-refractivity contribution in [1.82, 2.24) is 4.57 Å². The SMILES string of the molecule is [2H]c1c([2H])c([2H])c2c(c1[2H])c1c([2H])c([2H])c([2H])c([2H])c1n2-c1cc2c3c(c1)N(c1c(-c4ccccc4)cc(C(C)(C)C)cc1-c1ccccc1)c1cc(-c4cccc5c4C(c4ccccc4)(c4ccccc4)c4ccccc4-5)ccc1B3c1cc(C(C)(C)C)ccc1N2c1c(-c2ccccc2)cccc1-c1ccccc1. The summed E-state index contributed by atoms with van der Waals surface area (Å²) in [6.07, 6.45) is 0. The fourth-order valence-corrected chi connectivity index (χ4v) is 17.1. The zero-order valence-corrected chi connectivity index (χ0v) is 58.3. The predicted molar refractivity (Wildman–Crippen MR) is 437 cm³/mol. The van der Waals surface area contributed by atoms with Gasteiger partial charge in [0.1, 0.15) is 0 Å². The molecule has 0 bridgehead atoms. The van der Waals surface area contributed by atoms with E-state index in [2.05, 4.69) is 343 Å². The number of aromatic nitrogens is 1. The summed E-state index contributed by atoms with van der Waals surface area (Å²) in [5.74, 6) is 0. The van der Waals surface area contributed by atoms with Crippen LogP contribution in [0, 0.1) is 0 Å². The Labute approximate surface area is 616 Å². The van der Waals surface area contributed by atoms with E-state index in [1.807, 2.05) is 12.1 Å². The van der Waals surface area contributed by atoms with Gasteiger partial charge >= 0.3 is 0 Å². The molecule has 1 aliphatic carbocycles. The summed E-state index contributed by atoms with van der Waals surface area (Å²) in [7, 11) is 0. The molecule has 0 atom stereocenters. The predicted octanol–water partition coefficient (Wildman–Crippen LogP) is 24.2. The Morgan fingerprint density at radius 3 is 1.28 bits per heavy atom. The third-order valence-electron chi connectivity index (χ3n) is 21.8. The number of rotatable bonds is 10. The fraction of sp³-hybridized carbons (Fsp3) is 0.0909. The normalized spacial score (nSPS) is 14.4. The van der Waals surface area contributed by atoms with Crippen LogP contribution in [0.3, 0.4) is 0 Å². The number of fused-ring (bicyclic) bond motifs is 10. The minimum Gasteiger partial charge on any atom is -0.310 e. The zero-order valence-electron chi connectivity index (χ0n) is 66.3. The lowest BCUT2D eigenvalue weighted by Crippen LogP contribution is -2.61. The molecule has 2 aliphatic heterocycles. The summed E-state index contributed by atoms with van der Waals surface area (Å²) in [6.45, 7) is 13.1. The van der Waals surface area contributed by atoms with Gasteiger partial charge in [0.05, 0.1) is 44.5 Å². The number of nitrogens with zero attached hydrogens (tertiary/aromatic N) is 3. The molecule has 0 saturated heterocycles. The molecule has 0 unspecified atom stereocenters. The highest BCUT2D eigenvalue weighted by Gasteiger charge is 2.50. The first-order chi connectivity index (χ1) is 53.7. The van der Waals surface area contributed by atoms with Gasteiger partial charge in [-0.25, -0.2) is 0 Å². The molecule has 3 aliphatic rings. The molecule has 15 aromatic carbocycles. The summed E-state index contributed by atoms with van der Waals surface area (Å²) in [5, 5.41) is -0.0150. The van der Waals surface area contributed by atoms with Gasteiger partial charge in [-0.1, -0.05) is 345 Å². The molecule has 3 nitrogen and oxygen atoms in total. The van der Waals surface area contributed by atoms with Crippen LogP contribution in [-0.2, 0) is 16.2 Å². The summed E-state index contributed by atoms with van der Waals surface area (Å²) < 4.78 is 79.5. The van der Waals surface area contributed by atoms with E-state index < -0.39 is 48.4 Å². The van der Waals surface area contributed by atoms with Gasteiger partial charge in [0.25, 0.3) is 6.71 Å². The Morgan fingerprint density at radius 1 is 0.320 bits per heavy atom. The van der Waals surface area contributed by atoms with Crippen molar-refractivity contribution >= 4 is 79.0 Å². The third kappa shape index (κ3) is 9.72. The lowest BCUT2D eigenvalue weighted by molar-refractivity contribution is 0.590. The molecule has 1 aromatic heterocycles. The Morgan fingerprint density at radius 2 is 0.757 bits per heavy atom. The summed E-state index contributed by atoms with van der Waals surface area (Å²) in [4.78, 5) is 4.92. The van der Waals surface area contributed by atoms with E-state index in [0.717, 1.165) is 140 Å². The molecule has 0 saturated carbocycles. The van der Waals surface area contributed by atoms with E-state index in [1.54, 1.807) is 4.57 Å². The minimum atomic E-state index is -0.780. The van der Waals surface area contributed by atoms with Crippen molar-refractivity contribution in [2.75, 3.05) is 9.80 Å². The molecule has 16 aromatic rings. The maximum absolute atomic E-state index is 10.2. The van der Waals surface area contributed by atoms with Gasteiger partial charge in [0.2, 0.25) is 0 Å². The van der Waals surface area contributed by atoms with E-state index in [-0.39, 0.29) is 44.7 Å². The first kappa shape index (κ1) is 53.6. The Hall–Kier alpha value is -12.2. The first-order valence-electron chi connectivity index (χ1n) is 39.7. The van der Waals surface area contributed by atoms with Crippen LogP contribution in [0.4, 0.5) is 34.1 Å². The number of anilines is 6. The maximum atomic E-state index is 10.2. The average molecular weight is 1330 g/mol. The van der Waals surface area contributed by atoms with Gasteiger partial charge in [-0.15, -0.1) is 0 Å². The van der Waals surface area contributed by atoms with Gasteiger partial charge in [0.15, 0.2) is 0 Å². The van der Waals surface area contributed by atoms with Crippen molar-refractivity contribution in [3.05, 3.63) is 385 Å². The summed E-state index contributed by atoms with van der Waals surface area (Å²) in [5.41, 5.74) is 26.1. The summed E-state index contributed by atoms with van der Waals surface area (Å²) >= 11 is 0. The van der Waals surface area contributed by atoms with Gasteiger partial charge in [-0.2, -0.15) is 0 Å². The van der Waals surface area contributed by atoms with E-state index in [9.17, 15) is 11.0 Å². The molecular formula is C99H76BN3. The van der Waals surface area contributed by atoms with Crippen molar-refractivity contribution < 1.29 is 11.0 Å². The molecule has 4 heteroatoms. The molecule has 0 N–H and O–H groups in total. The van der Waals surface area contributed by atoms with Crippen molar-refractivity contribution in [2.24, 2.45) is 0 Å². The number of para-hydroxylation sites is 3. The second-order valence-corrected chi connectivity index (χ2v) is 29.7. The van der Waals surface area contributed by atoms with Gasteiger partial charge in [-0.3, -0.25) is 0 Å². The number of benzene rings is 15. The molecule has 103 heavy (non-hydrogen) atoms. The maximum Gasteiger partial charge on any atom is 0.252 e. The smallest absolute Gasteiger partial charge is 0.252 e. The molecular weight excluding hydrogens is 1240 g/mol. The van der Waals surface area contributed by atoms with Crippen LogP contribution in [0.25, 0.3) is 94.3 Å². The number of hydrogen-bond acceptors (Lipinski definition) is 2.